The van der Waals surface area contributed by atoms with Crippen molar-refractivity contribution in [2.45, 2.75) is 39.7 Å². The van der Waals surface area contributed by atoms with Gasteiger partial charge in [-0.3, -0.25) is 4.79 Å². The molecule has 0 radical (unpaired) electrons. The van der Waals surface area contributed by atoms with E-state index in [4.69, 9.17) is 14.7 Å². The number of ether oxygens (including phenoxy) is 1. The summed E-state index contributed by atoms with van der Waals surface area (Å²) >= 11 is 0. The Hall–Kier alpha value is -3.48. The first-order valence-electron chi connectivity index (χ1n) is 11.4. The van der Waals surface area contributed by atoms with Crippen LogP contribution in [-0.2, 0) is 13.0 Å². The molecule has 2 aliphatic heterocycles. The Morgan fingerprint density at radius 3 is 2.61 bits per heavy atom. The number of amides is 1. The molecule has 0 aliphatic carbocycles. The minimum absolute atomic E-state index is 0.0171. The quantitative estimate of drug-likeness (QED) is 0.575. The first-order chi connectivity index (χ1) is 16.0. The van der Waals surface area contributed by atoms with Crippen molar-refractivity contribution in [2.24, 2.45) is 0 Å². The number of nitrogens with zero attached hydrogens (tertiary/aromatic N) is 4. The Balaban J connectivity index is 1.49. The number of benzene rings is 2. The molecule has 7 heteroatoms. The van der Waals surface area contributed by atoms with E-state index in [1.807, 2.05) is 36.1 Å². The van der Waals surface area contributed by atoms with Gasteiger partial charge in [-0.2, -0.15) is 4.98 Å². The third kappa shape index (κ3) is 4.40. The zero-order valence-corrected chi connectivity index (χ0v) is 19.0. The van der Waals surface area contributed by atoms with Gasteiger partial charge < -0.3 is 14.5 Å². The highest BCUT2D eigenvalue weighted by atomic mass is 19.1. The molecule has 0 unspecified atom stereocenters. The van der Waals surface area contributed by atoms with Crippen LogP contribution in [0.25, 0.3) is 0 Å². The van der Waals surface area contributed by atoms with Crippen molar-refractivity contribution in [3.05, 3.63) is 76.2 Å². The standard InChI is InChI=1S/C26H27FN4O2/c1-17-6-5-7-19(14-17)25(32)31-13-10-23-21(16-31)24(29-26(28-23)30-11-3-4-12-30)33-20-8-9-22(27)18(2)15-20/h5-9,14-15H,3-4,10-13,16H2,1-2H3. The van der Waals surface area contributed by atoms with Crippen molar-refractivity contribution in [2.75, 3.05) is 24.5 Å². The zero-order valence-electron chi connectivity index (χ0n) is 19.0. The molecule has 170 valence electrons. The molecule has 0 atom stereocenters. The lowest BCUT2D eigenvalue weighted by molar-refractivity contribution is 0.0732. The van der Waals surface area contributed by atoms with Gasteiger partial charge in [0, 0.05) is 31.6 Å². The van der Waals surface area contributed by atoms with Gasteiger partial charge in [0.1, 0.15) is 11.6 Å². The molecule has 6 nitrogen and oxygen atoms in total. The van der Waals surface area contributed by atoms with E-state index in [0.29, 0.717) is 48.2 Å². The van der Waals surface area contributed by atoms with Crippen molar-refractivity contribution in [3.63, 3.8) is 0 Å². The second-order valence-corrected chi connectivity index (χ2v) is 8.81. The molecule has 1 aromatic heterocycles. The molecule has 1 saturated heterocycles. The molecular formula is C26H27FN4O2. The van der Waals surface area contributed by atoms with Gasteiger partial charge in [0.25, 0.3) is 5.91 Å². The molecule has 0 saturated carbocycles. The van der Waals surface area contributed by atoms with Gasteiger partial charge in [-0.05, 0) is 62.6 Å². The number of halogens is 1. The van der Waals surface area contributed by atoms with Gasteiger partial charge in [0.15, 0.2) is 0 Å². The predicted molar refractivity (Wildman–Crippen MR) is 124 cm³/mol. The summed E-state index contributed by atoms with van der Waals surface area (Å²) in [6, 6.07) is 12.3. The fourth-order valence-corrected chi connectivity index (χ4v) is 4.44. The normalized spacial score (nSPS) is 15.5. The van der Waals surface area contributed by atoms with Crippen molar-refractivity contribution in [3.8, 4) is 11.6 Å². The van der Waals surface area contributed by atoms with Crippen LogP contribution in [0, 0.1) is 19.7 Å². The van der Waals surface area contributed by atoms with E-state index in [1.165, 1.54) is 6.07 Å². The largest absolute Gasteiger partial charge is 0.438 e. The summed E-state index contributed by atoms with van der Waals surface area (Å²) < 4.78 is 20.0. The number of rotatable bonds is 4. The highest BCUT2D eigenvalue weighted by molar-refractivity contribution is 5.94. The summed E-state index contributed by atoms with van der Waals surface area (Å²) in [6.45, 7) is 6.49. The average Bonchev–Trinajstić information content (AvgIpc) is 3.36. The summed E-state index contributed by atoms with van der Waals surface area (Å²) in [4.78, 5) is 26.8. The second-order valence-electron chi connectivity index (χ2n) is 8.81. The molecular weight excluding hydrogens is 419 g/mol. The molecule has 3 aromatic rings. The van der Waals surface area contributed by atoms with E-state index in [-0.39, 0.29) is 11.7 Å². The number of carbonyl (C=O) groups is 1. The third-order valence-electron chi connectivity index (χ3n) is 6.30. The SMILES string of the molecule is Cc1cccc(C(=O)N2CCc3nc(N4CCCC4)nc(Oc4ccc(F)c(C)c4)c3C2)c1. The van der Waals surface area contributed by atoms with Crippen LogP contribution < -0.4 is 9.64 Å². The maximum atomic E-state index is 13.8. The number of aryl methyl sites for hydroxylation is 2. The Labute approximate surface area is 193 Å². The number of carbonyl (C=O) groups excluding carboxylic acids is 1. The fraction of sp³-hybridized carbons (Fsp3) is 0.346. The Kier molecular flexibility index (Phi) is 5.70. The summed E-state index contributed by atoms with van der Waals surface area (Å²) in [6.07, 6.45) is 2.87. The summed E-state index contributed by atoms with van der Waals surface area (Å²) in [5, 5.41) is 0. The Morgan fingerprint density at radius 1 is 1.03 bits per heavy atom. The fourth-order valence-electron chi connectivity index (χ4n) is 4.44. The molecule has 2 aromatic carbocycles. The lowest BCUT2D eigenvalue weighted by Crippen LogP contribution is -2.37. The number of hydrogen-bond acceptors (Lipinski definition) is 5. The van der Waals surface area contributed by atoms with Crippen LogP contribution in [0.15, 0.2) is 42.5 Å². The van der Waals surface area contributed by atoms with Gasteiger partial charge in [-0.15, -0.1) is 0 Å². The molecule has 0 spiro atoms. The highest BCUT2D eigenvalue weighted by Gasteiger charge is 2.29. The van der Waals surface area contributed by atoms with Gasteiger partial charge in [0.05, 0.1) is 17.8 Å². The second kappa shape index (κ2) is 8.81. The minimum Gasteiger partial charge on any atom is -0.438 e. The topological polar surface area (TPSA) is 58.6 Å². The summed E-state index contributed by atoms with van der Waals surface area (Å²) in [7, 11) is 0. The zero-order chi connectivity index (χ0) is 22.9. The van der Waals surface area contributed by atoms with Crippen LogP contribution in [0.5, 0.6) is 11.6 Å². The maximum Gasteiger partial charge on any atom is 0.254 e. The number of hydrogen-bond donors (Lipinski definition) is 0. The Morgan fingerprint density at radius 2 is 1.85 bits per heavy atom. The molecule has 33 heavy (non-hydrogen) atoms. The smallest absolute Gasteiger partial charge is 0.254 e. The molecule has 1 fully saturated rings. The highest BCUT2D eigenvalue weighted by Crippen LogP contribution is 2.33. The van der Waals surface area contributed by atoms with Crippen LogP contribution in [0.4, 0.5) is 10.3 Å². The molecule has 0 bridgehead atoms. The average molecular weight is 447 g/mol. The van der Waals surface area contributed by atoms with E-state index in [0.717, 1.165) is 42.8 Å². The van der Waals surface area contributed by atoms with Crippen LogP contribution in [0.2, 0.25) is 0 Å². The molecule has 1 amide bonds. The van der Waals surface area contributed by atoms with Crippen molar-refractivity contribution < 1.29 is 13.9 Å². The summed E-state index contributed by atoms with van der Waals surface area (Å²) in [5.74, 6) is 1.33. The minimum atomic E-state index is -0.278. The predicted octanol–water partition coefficient (Wildman–Crippen LogP) is 4.82. The van der Waals surface area contributed by atoms with Gasteiger partial charge in [-0.25, -0.2) is 9.37 Å². The van der Waals surface area contributed by atoms with Gasteiger partial charge in [-0.1, -0.05) is 17.7 Å². The number of anilines is 1. The first kappa shape index (κ1) is 21.4. The summed E-state index contributed by atoms with van der Waals surface area (Å²) in [5.41, 5.74) is 3.95. The molecule has 3 heterocycles. The van der Waals surface area contributed by atoms with E-state index in [9.17, 15) is 9.18 Å². The van der Waals surface area contributed by atoms with E-state index in [2.05, 4.69) is 4.90 Å². The van der Waals surface area contributed by atoms with Crippen molar-refractivity contribution in [1.82, 2.24) is 14.9 Å². The van der Waals surface area contributed by atoms with Crippen LogP contribution in [-0.4, -0.2) is 40.4 Å². The van der Waals surface area contributed by atoms with E-state index < -0.39 is 0 Å². The van der Waals surface area contributed by atoms with Crippen LogP contribution in [0.1, 0.15) is 45.6 Å². The van der Waals surface area contributed by atoms with Crippen LogP contribution in [0.3, 0.4) is 0 Å². The molecule has 0 N–H and O–H groups in total. The van der Waals surface area contributed by atoms with Gasteiger partial charge in [0.2, 0.25) is 11.8 Å². The van der Waals surface area contributed by atoms with Crippen LogP contribution >= 0.6 is 0 Å². The number of aromatic nitrogens is 2. The third-order valence-corrected chi connectivity index (χ3v) is 6.30. The number of fused-ring (bicyclic) bond motifs is 1. The maximum absolute atomic E-state index is 13.8. The van der Waals surface area contributed by atoms with E-state index in [1.54, 1.807) is 19.1 Å². The monoisotopic (exact) mass is 446 g/mol. The van der Waals surface area contributed by atoms with Gasteiger partial charge >= 0.3 is 0 Å². The molecule has 2 aliphatic rings. The molecule has 5 rings (SSSR count). The Bertz CT molecular complexity index is 1210. The lowest BCUT2D eigenvalue weighted by atomic mass is 10.0. The van der Waals surface area contributed by atoms with E-state index >= 15 is 0 Å². The first-order valence-corrected chi connectivity index (χ1v) is 11.4. The lowest BCUT2D eigenvalue weighted by Gasteiger charge is -2.30. The van der Waals surface area contributed by atoms with Crippen molar-refractivity contribution >= 4 is 11.9 Å². The van der Waals surface area contributed by atoms with Crippen molar-refractivity contribution in [1.29, 1.82) is 0 Å².